The monoisotopic (exact) mass is 478 g/mol. The van der Waals surface area contributed by atoms with E-state index in [1.165, 1.54) is 12.1 Å². The van der Waals surface area contributed by atoms with E-state index in [1.54, 1.807) is 41.9 Å². The molecule has 1 unspecified atom stereocenters. The highest BCUT2D eigenvalue weighted by molar-refractivity contribution is 5.89. The lowest BCUT2D eigenvalue weighted by molar-refractivity contribution is -0.121. The number of hydrogen-bond acceptors (Lipinski definition) is 5. The number of ether oxygens (including phenoxy) is 1. The van der Waals surface area contributed by atoms with Crippen LogP contribution in [0.2, 0.25) is 0 Å². The Kier molecular flexibility index (Phi) is 7.92. The summed E-state index contributed by atoms with van der Waals surface area (Å²) in [6, 6.07) is 15.5. The van der Waals surface area contributed by atoms with Crippen molar-refractivity contribution in [3.05, 3.63) is 71.7 Å². The van der Waals surface area contributed by atoms with Crippen LogP contribution in [-0.4, -0.2) is 59.3 Å². The van der Waals surface area contributed by atoms with Gasteiger partial charge in [-0.2, -0.15) is 5.10 Å². The van der Waals surface area contributed by atoms with E-state index >= 15 is 0 Å². The van der Waals surface area contributed by atoms with Gasteiger partial charge in [0.2, 0.25) is 5.91 Å². The van der Waals surface area contributed by atoms with Gasteiger partial charge in [0.15, 0.2) is 0 Å². The van der Waals surface area contributed by atoms with E-state index in [0.29, 0.717) is 48.9 Å². The van der Waals surface area contributed by atoms with E-state index in [2.05, 4.69) is 17.3 Å². The second kappa shape index (κ2) is 11.3. The van der Waals surface area contributed by atoms with Crippen LogP contribution in [0.3, 0.4) is 0 Å². The molecule has 0 bridgehead atoms. The van der Waals surface area contributed by atoms with Crippen molar-refractivity contribution in [2.24, 2.45) is 0 Å². The van der Waals surface area contributed by atoms with Crippen molar-refractivity contribution in [3.8, 4) is 16.9 Å². The Morgan fingerprint density at radius 3 is 2.66 bits per heavy atom. The van der Waals surface area contributed by atoms with Crippen LogP contribution in [0, 0.1) is 5.82 Å². The summed E-state index contributed by atoms with van der Waals surface area (Å²) < 4.78 is 20.7. The standard InChI is InChI=1S/C27H31FN4O3/c1-3-35-27(34)19-9-12-23(13-10-19)32-25(20-6-4-7-21(28)16-20)17-22(30-32)11-14-26(33)29-18-24-8-5-15-31(24)2/h4,6-7,9-10,12-13,16-17,24H,3,5,8,11,14-15,18H2,1-2H3,(H,29,33). The van der Waals surface area contributed by atoms with Crippen LogP contribution in [-0.2, 0) is 16.0 Å². The first-order valence-electron chi connectivity index (χ1n) is 12.0. The molecule has 0 aliphatic carbocycles. The Morgan fingerprint density at radius 1 is 1.17 bits per heavy atom. The van der Waals surface area contributed by atoms with Crippen molar-refractivity contribution >= 4 is 11.9 Å². The van der Waals surface area contributed by atoms with Gasteiger partial charge in [0.25, 0.3) is 0 Å². The number of benzene rings is 2. The molecule has 0 spiro atoms. The molecule has 3 aromatic rings. The maximum atomic E-state index is 14.0. The van der Waals surface area contributed by atoms with Crippen LogP contribution in [0.5, 0.6) is 0 Å². The number of aromatic nitrogens is 2. The number of amides is 1. The van der Waals surface area contributed by atoms with Gasteiger partial charge in [0, 0.05) is 31.0 Å². The van der Waals surface area contributed by atoms with E-state index in [1.807, 2.05) is 12.1 Å². The summed E-state index contributed by atoms with van der Waals surface area (Å²) in [5.74, 6) is -0.739. The average Bonchev–Trinajstić information content (AvgIpc) is 3.48. The lowest BCUT2D eigenvalue weighted by Gasteiger charge is -2.19. The number of halogens is 1. The number of rotatable bonds is 9. The van der Waals surface area contributed by atoms with E-state index < -0.39 is 0 Å². The van der Waals surface area contributed by atoms with Crippen LogP contribution in [0.4, 0.5) is 4.39 Å². The van der Waals surface area contributed by atoms with Gasteiger partial charge in [0.05, 0.1) is 29.2 Å². The van der Waals surface area contributed by atoms with Crippen LogP contribution in [0.1, 0.15) is 42.2 Å². The minimum absolute atomic E-state index is 0.00838. The molecule has 1 N–H and O–H groups in total. The average molecular weight is 479 g/mol. The van der Waals surface area contributed by atoms with Crippen molar-refractivity contribution in [2.45, 2.75) is 38.6 Å². The molecule has 184 valence electrons. The van der Waals surface area contributed by atoms with Gasteiger partial charge in [0.1, 0.15) is 5.82 Å². The normalized spacial score (nSPS) is 15.8. The van der Waals surface area contributed by atoms with E-state index in [4.69, 9.17) is 9.84 Å². The first-order valence-corrected chi connectivity index (χ1v) is 12.0. The Morgan fingerprint density at radius 2 is 1.97 bits per heavy atom. The largest absolute Gasteiger partial charge is 0.462 e. The molecule has 1 fully saturated rings. The topological polar surface area (TPSA) is 76.5 Å². The smallest absolute Gasteiger partial charge is 0.338 e. The quantitative estimate of drug-likeness (QED) is 0.471. The summed E-state index contributed by atoms with van der Waals surface area (Å²) in [5, 5.41) is 7.74. The molecule has 7 nitrogen and oxygen atoms in total. The zero-order chi connectivity index (χ0) is 24.8. The van der Waals surface area contributed by atoms with Gasteiger partial charge < -0.3 is 15.0 Å². The molecule has 1 aliphatic rings. The lowest BCUT2D eigenvalue weighted by Crippen LogP contribution is -2.38. The van der Waals surface area contributed by atoms with Crippen LogP contribution < -0.4 is 5.32 Å². The molecule has 1 aliphatic heterocycles. The number of hydrogen-bond donors (Lipinski definition) is 1. The fraction of sp³-hybridized carbons (Fsp3) is 0.370. The van der Waals surface area contributed by atoms with Crippen molar-refractivity contribution in [1.82, 2.24) is 20.0 Å². The first-order chi connectivity index (χ1) is 16.9. The number of likely N-dealkylation sites (tertiary alicyclic amines) is 1. The predicted molar refractivity (Wildman–Crippen MR) is 132 cm³/mol. The lowest BCUT2D eigenvalue weighted by atomic mass is 10.1. The number of nitrogens with one attached hydrogen (secondary N) is 1. The third kappa shape index (κ3) is 6.14. The van der Waals surface area contributed by atoms with Gasteiger partial charge in [-0.05, 0) is 75.8 Å². The number of nitrogens with zero attached hydrogens (tertiary/aromatic N) is 3. The fourth-order valence-electron chi connectivity index (χ4n) is 4.35. The second-order valence-electron chi connectivity index (χ2n) is 8.79. The molecule has 1 saturated heterocycles. The van der Waals surface area contributed by atoms with Crippen LogP contribution >= 0.6 is 0 Å². The SMILES string of the molecule is CCOC(=O)c1ccc(-n2nc(CCC(=O)NCC3CCCN3C)cc2-c2cccc(F)c2)cc1. The summed E-state index contributed by atoms with van der Waals surface area (Å²) in [7, 11) is 2.09. The summed E-state index contributed by atoms with van der Waals surface area (Å²) in [6.45, 7) is 3.79. The summed E-state index contributed by atoms with van der Waals surface area (Å²) >= 11 is 0. The van der Waals surface area contributed by atoms with Gasteiger partial charge in [-0.25, -0.2) is 13.9 Å². The summed E-state index contributed by atoms with van der Waals surface area (Å²) in [5.41, 5.74) is 3.27. The van der Waals surface area contributed by atoms with Gasteiger partial charge >= 0.3 is 5.97 Å². The first kappa shape index (κ1) is 24.6. The molecule has 1 atom stereocenters. The minimum atomic E-state index is -0.389. The van der Waals surface area contributed by atoms with Crippen LogP contribution in [0.15, 0.2) is 54.6 Å². The Bertz CT molecular complexity index is 1180. The van der Waals surface area contributed by atoms with E-state index in [-0.39, 0.29) is 17.7 Å². The zero-order valence-electron chi connectivity index (χ0n) is 20.2. The molecule has 1 aromatic heterocycles. The number of aryl methyl sites for hydroxylation is 1. The molecular formula is C27H31FN4O3. The maximum absolute atomic E-state index is 14.0. The van der Waals surface area contributed by atoms with E-state index in [9.17, 15) is 14.0 Å². The van der Waals surface area contributed by atoms with Crippen molar-refractivity contribution in [1.29, 1.82) is 0 Å². The summed E-state index contributed by atoms with van der Waals surface area (Å²) in [4.78, 5) is 26.7. The van der Waals surface area contributed by atoms with Crippen molar-refractivity contribution in [3.63, 3.8) is 0 Å². The third-order valence-electron chi connectivity index (χ3n) is 6.32. The zero-order valence-corrected chi connectivity index (χ0v) is 20.2. The third-order valence-corrected chi connectivity index (χ3v) is 6.32. The molecular weight excluding hydrogens is 447 g/mol. The Hall–Kier alpha value is -3.52. The van der Waals surface area contributed by atoms with Gasteiger partial charge in [-0.15, -0.1) is 0 Å². The Labute approximate surface area is 204 Å². The molecule has 1 amide bonds. The number of carbonyl (C=O) groups excluding carboxylic acids is 2. The van der Waals surface area contributed by atoms with Gasteiger partial charge in [-0.1, -0.05) is 12.1 Å². The molecule has 2 aromatic carbocycles. The molecule has 0 saturated carbocycles. The summed E-state index contributed by atoms with van der Waals surface area (Å²) in [6.07, 6.45) is 3.05. The van der Waals surface area contributed by atoms with E-state index in [0.717, 1.165) is 30.8 Å². The van der Waals surface area contributed by atoms with Gasteiger partial charge in [-0.3, -0.25) is 4.79 Å². The molecule has 4 rings (SSSR count). The number of esters is 1. The molecule has 8 heteroatoms. The molecule has 35 heavy (non-hydrogen) atoms. The van der Waals surface area contributed by atoms with Crippen LogP contribution in [0.25, 0.3) is 16.9 Å². The predicted octanol–water partition coefficient (Wildman–Crippen LogP) is 4.00. The van der Waals surface area contributed by atoms with Crippen molar-refractivity contribution < 1.29 is 18.7 Å². The second-order valence-corrected chi connectivity index (χ2v) is 8.79. The molecule has 2 heterocycles. The number of carbonyl (C=O) groups is 2. The Balaban J connectivity index is 1.51. The minimum Gasteiger partial charge on any atom is -0.462 e. The maximum Gasteiger partial charge on any atom is 0.338 e. The highest BCUT2D eigenvalue weighted by atomic mass is 19.1. The number of likely N-dealkylation sites (N-methyl/N-ethyl adjacent to an activating group) is 1. The molecule has 0 radical (unpaired) electrons. The highest BCUT2D eigenvalue weighted by Crippen LogP contribution is 2.26. The highest BCUT2D eigenvalue weighted by Gasteiger charge is 2.21. The fourth-order valence-corrected chi connectivity index (χ4v) is 4.35. The van der Waals surface area contributed by atoms with Crippen molar-refractivity contribution in [2.75, 3.05) is 26.7 Å².